The first-order valence-corrected chi connectivity index (χ1v) is 15.1. The largest absolute Gasteiger partial charge is 0.494 e. The molecule has 0 spiro atoms. The molecule has 0 saturated heterocycles. The highest BCUT2D eigenvalue weighted by Gasteiger charge is 2.12. The third-order valence-electron chi connectivity index (χ3n) is 6.71. The molecule has 1 heterocycles. The average Bonchev–Trinajstić information content (AvgIpc) is 3.42. The second-order valence-corrected chi connectivity index (χ2v) is 10.2. The minimum absolute atomic E-state index is 0.0555. The minimum Gasteiger partial charge on any atom is -0.494 e. The molecule has 0 fully saturated rings. The summed E-state index contributed by atoms with van der Waals surface area (Å²) in [7, 11) is 0. The van der Waals surface area contributed by atoms with Gasteiger partial charge >= 0.3 is 5.97 Å². The summed E-state index contributed by atoms with van der Waals surface area (Å²) < 4.78 is 7.52. The summed E-state index contributed by atoms with van der Waals surface area (Å²) in [6.07, 6.45) is 20.3. The van der Waals surface area contributed by atoms with Crippen molar-refractivity contribution < 1.29 is 19.4 Å². The van der Waals surface area contributed by atoms with Crippen LogP contribution in [0.25, 0.3) is 28.9 Å². The Bertz CT molecular complexity index is 1450. The number of aromatic nitrogens is 2. The first-order valence-electron chi connectivity index (χ1n) is 14.6. The third kappa shape index (κ3) is 12.0. The number of alkyl halides is 1. The van der Waals surface area contributed by atoms with Crippen molar-refractivity contribution in [2.45, 2.75) is 53.0 Å². The van der Waals surface area contributed by atoms with Crippen LogP contribution in [0.4, 0.5) is 0 Å². The predicted octanol–water partition coefficient (Wildman–Crippen LogP) is 7.72. The van der Waals surface area contributed by atoms with Gasteiger partial charge in [0.2, 0.25) is 5.91 Å². The Morgan fingerprint density at radius 1 is 1.02 bits per heavy atom. The van der Waals surface area contributed by atoms with Crippen molar-refractivity contribution in [3.63, 3.8) is 0 Å². The molecule has 0 unspecified atom stereocenters. The number of benzene rings is 2. The summed E-state index contributed by atoms with van der Waals surface area (Å²) in [6.45, 7) is 7.15. The number of likely N-dealkylation sites (N-methyl/N-ethyl adjacent to an activating group) is 1. The average molecular weight is 616 g/mol. The standard InChI is InChI=1S/C34H40ClN3O4.C2H2/c1-4-27(12-8-25(3)20-21-35)31-23-38(24-33(39)36-5-2)32(37-31)19-11-26-9-13-28(14-10-26)29-15-17-30(18-16-29)42-22-6-7-34(40)41;1-2/h4,9-11,13-20,23H,5-8,12,21-22,24H2,1-3H3,(H,36,39)(H,40,41);1-2H/b19-11+,25-20-,27-4+;. The van der Waals surface area contributed by atoms with Crippen LogP contribution >= 0.6 is 11.6 Å². The van der Waals surface area contributed by atoms with Gasteiger partial charge < -0.3 is 19.7 Å². The number of carbonyl (C=O) groups is 2. The zero-order valence-electron chi connectivity index (χ0n) is 25.8. The van der Waals surface area contributed by atoms with E-state index in [1.165, 1.54) is 5.57 Å². The number of hydrogen-bond acceptors (Lipinski definition) is 4. The molecule has 3 aromatic rings. The van der Waals surface area contributed by atoms with E-state index >= 15 is 0 Å². The van der Waals surface area contributed by atoms with Crippen LogP contribution in [0.5, 0.6) is 5.75 Å². The number of imidazole rings is 1. The minimum atomic E-state index is -0.818. The Hall–Kier alpha value is -4.54. The van der Waals surface area contributed by atoms with Crippen molar-refractivity contribution in [3.8, 4) is 29.7 Å². The maximum Gasteiger partial charge on any atom is 0.303 e. The number of carbonyl (C=O) groups excluding carboxylic acids is 1. The van der Waals surface area contributed by atoms with Crippen LogP contribution in [0.3, 0.4) is 0 Å². The number of rotatable bonds is 16. The molecule has 2 aromatic carbocycles. The van der Waals surface area contributed by atoms with Crippen LogP contribution in [-0.2, 0) is 16.1 Å². The van der Waals surface area contributed by atoms with E-state index in [1.54, 1.807) is 0 Å². The summed E-state index contributed by atoms with van der Waals surface area (Å²) in [5, 5.41) is 11.6. The fraction of sp³-hybridized carbons (Fsp3) is 0.306. The summed E-state index contributed by atoms with van der Waals surface area (Å²) in [5.74, 6) is 1.06. The van der Waals surface area contributed by atoms with Gasteiger partial charge in [-0.3, -0.25) is 9.59 Å². The number of halogens is 1. The number of ether oxygens (including phenoxy) is 1. The van der Waals surface area contributed by atoms with Crippen LogP contribution < -0.4 is 10.1 Å². The molecular formula is C36H42ClN3O4. The molecule has 0 saturated carbocycles. The van der Waals surface area contributed by atoms with E-state index in [9.17, 15) is 9.59 Å². The summed E-state index contributed by atoms with van der Waals surface area (Å²) in [5.41, 5.74) is 6.38. The van der Waals surface area contributed by atoms with Gasteiger partial charge in [0.1, 0.15) is 18.1 Å². The lowest BCUT2D eigenvalue weighted by molar-refractivity contribution is -0.137. The Kier molecular flexibility index (Phi) is 15.9. The number of hydrogen-bond donors (Lipinski definition) is 2. The van der Waals surface area contributed by atoms with Gasteiger partial charge in [-0.2, -0.15) is 0 Å². The molecule has 0 aliphatic heterocycles. The fourth-order valence-corrected chi connectivity index (χ4v) is 4.62. The van der Waals surface area contributed by atoms with Crippen LogP contribution in [0.15, 0.2) is 72.5 Å². The summed E-state index contributed by atoms with van der Waals surface area (Å²) in [4.78, 5) is 27.9. The van der Waals surface area contributed by atoms with Crippen LogP contribution in [0, 0.1) is 12.8 Å². The van der Waals surface area contributed by atoms with Gasteiger partial charge in [0.05, 0.1) is 12.3 Å². The Morgan fingerprint density at radius 3 is 2.27 bits per heavy atom. The molecule has 8 heteroatoms. The normalized spacial score (nSPS) is 11.6. The van der Waals surface area contributed by atoms with Gasteiger partial charge in [-0.05, 0) is 80.5 Å². The maximum absolute atomic E-state index is 12.4. The van der Waals surface area contributed by atoms with Crippen LogP contribution in [0.2, 0.25) is 0 Å². The van der Waals surface area contributed by atoms with E-state index < -0.39 is 5.97 Å². The van der Waals surface area contributed by atoms with Gasteiger partial charge in [-0.15, -0.1) is 24.4 Å². The molecule has 0 aliphatic rings. The lowest BCUT2D eigenvalue weighted by Crippen LogP contribution is -2.27. The summed E-state index contributed by atoms with van der Waals surface area (Å²) in [6, 6.07) is 16.0. The van der Waals surface area contributed by atoms with Crippen LogP contribution in [-0.4, -0.2) is 45.6 Å². The number of amides is 1. The highest BCUT2D eigenvalue weighted by Crippen LogP contribution is 2.25. The highest BCUT2D eigenvalue weighted by atomic mass is 35.5. The molecule has 44 heavy (non-hydrogen) atoms. The molecule has 2 N–H and O–H groups in total. The lowest BCUT2D eigenvalue weighted by atomic mass is 10.0. The molecular weight excluding hydrogens is 574 g/mol. The van der Waals surface area contributed by atoms with Crippen molar-refractivity contribution in [2.24, 2.45) is 0 Å². The molecule has 232 valence electrons. The number of carboxylic acids is 1. The Balaban J connectivity index is 0.00000330. The van der Waals surface area contributed by atoms with E-state index in [0.717, 1.165) is 40.8 Å². The molecule has 1 amide bonds. The SMILES string of the molecule is C#C.C/C=C(\CC/C(C)=C\CCl)c1cn(CC(=O)NCC)c(/C=C/c2ccc(-c3ccc(OCCCC(=O)O)cc3)cc2)n1. The van der Waals surface area contributed by atoms with Gasteiger partial charge in [-0.25, -0.2) is 4.98 Å². The monoisotopic (exact) mass is 615 g/mol. The van der Waals surface area contributed by atoms with E-state index in [4.69, 9.17) is 26.4 Å². The van der Waals surface area contributed by atoms with E-state index in [0.29, 0.717) is 37.0 Å². The molecule has 0 radical (unpaired) electrons. The number of terminal acetylenes is 1. The fourth-order valence-electron chi connectivity index (χ4n) is 4.35. The Morgan fingerprint density at radius 2 is 1.68 bits per heavy atom. The topological polar surface area (TPSA) is 93.5 Å². The van der Waals surface area contributed by atoms with Crippen molar-refractivity contribution in [1.82, 2.24) is 14.9 Å². The van der Waals surface area contributed by atoms with Gasteiger partial charge in [0.15, 0.2) is 0 Å². The zero-order chi connectivity index (χ0) is 32.3. The highest BCUT2D eigenvalue weighted by molar-refractivity contribution is 6.18. The first kappa shape index (κ1) is 35.7. The summed E-state index contributed by atoms with van der Waals surface area (Å²) >= 11 is 5.85. The Labute approximate surface area is 266 Å². The third-order valence-corrected chi connectivity index (χ3v) is 6.87. The lowest BCUT2D eigenvalue weighted by Gasteiger charge is -2.07. The van der Waals surface area contributed by atoms with Crippen molar-refractivity contribution in [1.29, 1.82) is 0 Å². The molecule has 0 bridgehead atoms. The van der Waals surface area contributed by atoms with Gasteiger partial charge in [0.25, 0.3) is 0 Å². The second-order valence-electron chi connectivity index (χ2n) is 9.91. The van der Waals surface area contributed by atoms with E-state index in [-0.39, 0.29) is 18.9 Å². The predicted molar refractivity (Wildman–Crippen MR) is 181 cm³/mol. The van der Waals surface area contributed by atoms with E-state index in [2.05, 4.69) is 43.3 Å². The van der Waals surface area contributed by atoms with E-state index in [1.807, 2.05) is 79.2 Å². The molecule has 7 nitrogen and oxygen atoms in total. The first-order chi connectivity index (χ1) is 21.3. The molecule has 3 rings (SSSR count). The van der Waals surface area contributed by atoms with Crippen LogP contribution in [0.1, 0.15) is 63.5 Å². The van der Waals surface area contributed by atoms with Crippen molar-refractivity contribution in [2.75, 3.05) is 19.0 Å². The number of allylic oxidation sites excluding steroid dienone is 4. The van der Waals surface area contributed by atoms with Gasteiger partial charge in [0, 0.05) is 25.0 Å². The number of nitrogens with zero attached hydrogens (tertiary/aromatic N) is 2. The molecule has 0 atom stereocenters. The maximum atomic E-state index is 12.4. The second kappa shape index (κ2) is 19.6. The number of carboxylic acid groups (broad SMARTS) is 1. The zero-order valence-corrected chi connectivity index (χ0v) is 26.5. The van der Waals surface area contributed by atoms with Crippen molar-refractivity contribution in [3.05, 3.63) is 89.5 Å². The van der Waals surface area contributed by atoms with Crippen molar-refractivity contribution >= 4 is 41.2 Å². The smallest absolute Gasteiger partial charge is 0.303 e. The quantitative estimate of drug-likeness (QED) is 0.0745. The van der Waals surface area contributed by atoms with Gasteiger partial charge in [-0.1, -0.05) is 60.2 Å². The number of aliphatic carboxylic acids is 1. The molecule has 1 aromatic heterocycles. The number of nitrogens with one attached hydrogen (secondary N) is 1. The molecule has 0 aliphatic carbocycles.